The van der Waals surface area contributed by atoms with Crippen molar-refractivity contribution < 1.29 is 29.2 Å². The van der Waals surface area contributed by atoms with Gasteiger partial charge in [0, 0.05) is 19.2 Å². The molecule has 0 saturated carbocycles. The molecular formula is C25H42N4O6S2. The molecule has 10 nitrogen and oxygen atoms in total. The van der Waals surface area contributed by atoms with Crippen LogP contribution in [0.5, 0.6) is 0 Å². The Bertz CT molecular complexity index is 858. The number of thiophene rings is 1. The summed E-state index contributed by atoms with van der Waals surface area (Å²) in [5, 5.41) is 17.4. The third kappa shape index (κ3) is 13.8. The van der Waals surface area contributed by atoms with Gasteiger partial charge in [0.15, 0.2) is 0 Å². The van der Waals surface area contributed by atoms with Crippen molar-refractivity contribution in [1.29, 1.82) is 0 Å². The number of hydrogen-bond donors (Lipinski definition) is 4. The van der Waals surface area contributed by atoms with E-state index < -0.39 is 35.4 Å². The van der Waals surface area contributed by atoms with Crippen molar-refractivity contribution in [2.24, 2.45) is 11.8 Å². The maximum absolute atomic E-state index is 13.0. The number of likely N-dealkylation sites (N-methyl/N-ethyl adjacent to an activating group) is 1. The predicted octanol–water partition coefficient (Wildman–Crippen LogP) is 4.34. The average molecular weight is 559 g/mol. The quantitative estimate of drug-likeness (QED) is 0.109. The van der Waals surface area contributed by atoms with Crippen LogP contribution in [0.3, 0.4) is 0 Å². The van der Waals surface area contributed by atoms with Gasteiger partial charge < -0.3 is 10.6 Å². The molecule has 2 atom stereocenters. The van der Waals surface area contributed by atoms with Gasteiger partial charge in [0.1, 0.15) is 6.04 Å². The Labute approximate surface area is 228 Å². The summed E-state index contributed by atoms with van der Waals surface area (Å²) < 4.78 is 1.05. The molecule has 37 heavy (non-hydrogen) atoms. The minimum atomic E-state index is -1.05. The van der Waals surface area contributed by atoms with Crippen molar-refractivity contribution in [3.05, 3.63) is 17.5 Å². The first kappa shape index (κ1) is 32.9. The summed E-state index contributed by atoms with van der Waals surface area (Å²) >= 11 is 3.07. The van der Waals surface area contributed by atoms with Crippen molar-refractivity contribution in [3.63, 3.8) is 0 Å². The summed E-state index contributed by atoms with van der Waals surface area (Å²) in [6.45, 7) is 9.54. The highest BCUT2D eigenvalue weighted by atomic mass is 32.2. The number of imide groups is 1. The maximum atomic E-state index is 13.0. The largest absolute Gasteiger partial charge is 0.357 e. The van der Waals surface area contributed by atoms with Crippen LogP contribution in [-0.2, 0) is 19.2 Å². The molecule has 0 aromatic carbocycles. The van der Waals surface area contributed by atoms with Crippen molar-refractivity contribution in [1.82, 2.24) is 21.2 Å². The highest BCUT2D eigenvalue weighted by molar-refractivity contribution is 8.01. The van der Waals surface area contributed by atoms with Gasteiger partial charge in [-0.25, -0.2) is 10.3 Å². The molecule has 5 amide bonds. The Morgan fingerprint density at radius 1 is 1.14 bits per heavy atom. The van der Waals surface area contributed by atoms with Gasteiger partial charge in [0.25, 0.3) is 5.91 Å². The Kier molecular flexibility index (Phi) is 14.8. The molecule has 12 heteroatoms. The maximum Gasteiger partial charge on any atom is 0.349 e. The van der Waals surface area contributed by atoms with E-state index in [2.05, 4.69) is 16.1 Å². The minimum absolute atomic E-state index is 0.0905. The minimum Gasteiger partial charge on any atom is -0.357 e. The predicted molar refractivity (Wildman–Crippen MR) is 145 cm³/mol. The van der Waals surface area contributed by atoms with Gasteiger partial charge in [-0.2, -0.15) is 0 Å². The van der Waals surface area contributed by atoms with Gasteiger partial charge in [-0.15, -0.1) is 28.2 Å². The number of nitrogens with one attached hydrogen (secondary N) is 3. The molecule has 0 aliphatic heterocycles. The summed E-state index contributed by atoms with van der Waals surface area (Å²) in [4.78, 5) is 55.1. The summed E-state index contributed by atoms with van der Waals surface area (Å²) in [5.74, 6) is -1.21. The van der Waals surface area contributed by atoms with Crippen LogP contribution in [0.25, 0.3) is 0 Å². The van der Waals surface area contributed by atoms with Crippen LogP contribution >= 0.6 is 23.1 Å². The van der Waals surface area contributed by atoms with Crippen LogP contribution in [0.15, 0.2) is 21.7 Å². The third-order valence-electron chi connectivity index (χ3n) is 5.24. The van der Waals surface area contributed by atoms with E-state index >= 15 is 0 Å². The van der Waals surface area contributed by atoms with Crippen molar-refractivity contribution in [2.75, 3.05) is 12.8 Å². The van der Waals surface area contributed by atoms with E-state index in [-0.39, 0.29) is 23.8 Å². The van der Waals surface area contributed by atoms with Gasteiger partial charge in [0.05, 0.1) is 15.7 Å². The van der Waals surface area contributed by atoms with Crippen LogP contribution in [0.1, 0.15) is 73.1 Å². The van der Waals surface area contributed by atoms with E-state index in [0.29, 0.717) is 30.9 Å². The molecule has 0 aliphatic carbocycles. The van der Waals surface area contributed by atoms with Crippen LogP contribution in [-0.4, -0.2) is 58.5 Å². The average Bonchev–Trinajstić information content (AvgIpc) is 3.36. The van der Waals surface area contributed by atoms with Crippen LogP contribution < -0.4 is 16.1 Å². The Morgan fingerprint density at radius 3 is 2.41 bits per heavy atom. The highest BCUT2D eigenvalue weighted by Crippen LogP contribution is 2.28. The fraction of sp³-hybridized carbons (Fsp3) is 0.680. The van der Waals surface area contributed by atoms with Gasteiger partial charge in [-0.3, -0.25) is 24.4 Å². The topological polar surface area (TPSA) is 137 Å². The number of unbranched alkanes of at least 4 members (excludes halogenated alkanes) is 1. The zero-order chi connectivity index (χ0) is 28.0. The van der Waals surface area contributed by atoms with Gasteiger partial charge in [0.2, 0.25) is 11.8 Å². The van der Waals surface area contributed by atoms with E-state index in [4.69, 9.17) is 4.84 Å². The normalized spacial score (nSPS) is 13.1. The van der Waals surface area contributed by atoms with Crippen LogP contribution in [0.4, 0.5) is 4.79 Å². The number of carbonyl (C=O) groups is 4. The monoisotopic (exact) mass is 558 g/mol. The molecule has 1 rings (SSSR count). The second-order valence-electron chi connectivity index (χ2n) is 10.2. The van der Waals surface area contributed by atoms with E-state index in [1.807, 2.05) is 52.1 Å². The molecule has 210 valence electrons. The zero-order valence-corrected chi connectivity index (χ0v) is 24.3. The molecule has 1 aromatic rings. The third-order valence-corrected chi connectivity index (χ3v) is 7.54. The number of rotatable bonds is 15. The molecule has 0 bridgehead atoms. The number of nitrogens with zero attached hydrogens (tertiary/aromatic N) is 1. The van der Waals surface area contributed by atoms with Crippen molar-refractivity contribution in [2.45, 2.75) is 89.0 Å². The Balaban J connectivity index is 2.67. The first-order valence-corrected chi connectivity index (χ1v) is 14.4. The molecule has 0 saturated heterocycles. The number of carbonyl (C=O) groups excluding carboxylic acids is 4. The van der Waals surface area contributed by atoms with Crippen molar-refractivity contribution in [3.8, 4) is 0 Å². The lowest BCUT2D eigenvalue weighted by molar-refractivity contribution is -0.157. The number of amides is 5. The lowest BCUT2D eigenvalue weighted by Crippen LogP contribution is -2.52. The molecule has 0 radical (unpaired) electrons. The van der Waals surface area contributed by atoms with Gasteiger partial charge in [-0.05, 0) is 57.4 Å². The SMILES string of the molecule is CNC(=O)[C@H](CCCCC(=O)NOC(C)(C)C)NC(=O)N(O)C(=O)[C@H](CCC(C)C)CSc1cccs1. The lowest BCUT2D eigenvalue weighted by Gasteiger charge is -2.24. The van der Waals surface area contributed by atoms with Crippen LogP contribution in [0.2, 0.25) is 0 Å². The van der Waals surface area contributed by atoms with Crippen molar-refractivity contribution >= 4 is 46.9 Å². The highest BCUT2D eigenvalue weighted by Gasteiger charge is 2.31. The summed E-state index contributed by atoms with van der Waals surface area (Å²) in [5.41, 5.74) is 1.88. The van der Waals surface area contributed by atoms with Gasteiger partial charge >= 0.3 is 6.03 Å². The van der Waals surface area contributed by atoms with E-state index in [1.54, 1.807) is 11.3 Å². The molecular weight excluding hydrogens is 516 g/mol. The second kappa shape index (κ2) is 16.6. The number of urea groups is 1. The second-order valence-corrected chi connectivity index (χ2v) is 12.4. The molecule has 1 heterocycles. The number of hydroxylamine groups is 3. The fourth-order valence-electron chi connectivity index (χ4n) is 3.16. The lowest BCUT2D eigenvalue weighted by atomic mass is 9.98. The number of thioether (sulfide) groups is 1. The van der Waals surface area contributed by atoms with E-state index in [9.17, 15) is 24.4 Å². The molecule has 0 fully saturated rings. The van der Waals surface area contributed by atoms with E-state index in [1.165, 1.54) is 18.8 Å². The number of hydrogen-bond acceptors (Lipinski definition) is 8. The first-order valence-electron chi connectivity index (χ1n) is 12.5. The summed E-state index contributed by atoms with van der Waals surface area (Å²) in [6, 6.07) is 1.86. The Hall–Kier alpha value is -2.15. The summed E-state index contributed by atoms with van der Waals surface area (Å²) in [7, 11) is 1.43. The van der Waals surface area contributed by atoms with Gasteiger partial charge in [-0.1, -0.05) is 32.8 Å². The molecule has 0 spiro atoms. The molecule has 1 aromatic heterocycles. The molecule has 0 aliphatic rings. The first-order chi connectivity index (χ1) is 17.3. The van der Waals surface area contributed by atoms with Crippen LogP contribution in [0, 0.1) is 11.8 Å². The Morgan fingerprint density at radius 2 is 1.84 bits per heavy atom. The fourth-order valence-corrected chi connectivity index (χ4v) is 5.10. The summed E-state index contributed by atoms with van der Waals surface area (Å²) in [6.07, 6.45) is 2.63. The van der Waals surface area contributed by atoms with E-state index in [0.717, 1.165) is 10.6 Å². The molecule has 4 N–H and O–H groups in total. The molecule has 0 unspecified atom stereocenters. The standard InChI is InChI=1S/C25H42N4O6S2/c1-17(2)13-14-18(16-37-21-12-9-15-36-21)23(32)29(34)24(33)27-19(22(31)26-6)10-7-8-11-20(30)28-35-25(3,4)5/h9,12,15,17-19,34H,7-8,10-11,13-14,16H2,1-6H3,(H,26,31)(H,27,33)(H,28,30)/t18-,19+/m1/s1. The zero-order valence-electron chi connectivity index (χ0n) is 22.7. The smallest absolute Gasteiger partial charge is 0.349 e.